The molecule has 27 heavy (non-hydrogen) atoms. The lowest BCUT2D eigenvalue weighted by Crippen LogP contribution is -2.52. The topological polar surface area (TPSA) is 111 Å². The van der Waals surface area contributed by atoms with E-state index in [-0.39, 0.29) is 28.4 Å². The molecule has 1 aliphatic carbocycles. The molecule has 3 rings (SSSR count). The smallest absolute Gasteiger partial charge is 0.255 e. The van der Waals surface area contributed by atoms with Crippen molar-refractivity contribution in [3.05, 3.63) is 23.8 Å². The first-order valence-electron chi connectivity index (χ1n) is 9.65. The van der Waals surface area contributed by atoms with Crippen LogP contribution in [0, 0.1) is 5.92 Å². The average molecular weight is 396 g/mol. The highest BCUT2D eigenvalue weighted by molar-refractivity contribution is 7.89. The lowest BCUT2D eigenvalue weighted by molar-refractivity contribution is 0.0893. The first-order valence-corrected chi connectivity index (χ1v) is 11.2. The highest BCUT2D eigenvalue weighted by Crippen LogP contribution is 2.30. The summed E-state index contributed by atoms with van der Waals surface area (Å²) >= 11 is 0. The Morgan fingerprint density at radius 2 is 1.96 bits per heavy atom. The van der Waals surface area contributed by atoms with Crippen LogP contribution in [0.4, 0.5) is 0 Å². The summed E-state index contributed by atoms with van der Waals surface area (Å²) in [6.07, 6.45) is 7.99. The minimum atomic E-state index is -3.90. The molecule has 0 bridgehead atoms. The third kappa shape index (κ3) is 4.80. The number of nitrogens with two attached hydrogens (primary N) is 1. The normalized spacial score (nSPS) is 22.4. The molecule has 1 heterocycles. The number of hydrogen-bond acceptors (Lipinski definition) is 5. The van der Waals surface area contributed by atoms with Gasteiger partial charge in [-0.15, -0.1) is 0 Å². The summed E-state index contributed by atoms with van der Waals surface area (Å²) in [4.78, 5) is 13.0. The number of primary sulfonamides is 1. The Bertz CT molecular complexity index is 769. The fourth-order valence-electron chi connectivity index (χ4n) is 4.33. The van der Waals surface area contributed by atoms with E-state index in [1.165, 1.54) is 44.6 Å². The van der Waals surface area contributed by atoms with Gasteiger partial charge in [0.25, 0.3) is 5.91 Å². The van der Waals surface area contributed by atoms with Crippen molar-refractivity contribution < 1.29 is 17.9 Å². The number of methoxy groups -OCH3 is 1. The first-order chi connectivity index (χ1) is 12.9. The number of carbonyl (C=O) groups excluding carboxylic acids is 1. The zero-order chi connectivity index (χ0) is 19.4. The second-order valence-electron chi connectivity index (χ2n) is 7.51. The van der Waals surface area contributed by atoms with E-state index >= 15 is 0 Å². The number of rotatable bonds is 6. The molecule has 4 N–H and O–H groups in total. The van der Waals surface area contributed by atoms with Crippen LogP contribution in [0.1, 0.15) is 55.3 Å². The minimum Gasteiger partial charge on any atom is -0.496 e. The van der Waals surface area contributed by atoms with E-state index in [9.17, 15) is 13.2 Å². The van der Waals surface area contributed by atoms with Crippen molar-refractivity contribution in [2.75, 3.05) is 13.7 Å². The molecule has 150 valence electrons. The molecule has 0 spiro atoms. The van der Waals surface area contributed by atoms with Crippen molar-refractivity contribution in [2.24, 2.45) is 11.1 Å². The Kier molecular flexibility index (Phi) is 6.39. The fraction of sp³-hybridized carbons (Fsp3) is 0.632. The summed E-state index contributed by atoms with van der Waals surface area (Å²) in [6.45, 7) is 0.966. The van der Waals surface area contributed by atoms with Crippen LogP contribution in [-0.4, -0.2) is 40.1 Å². The maximum absolute atomic E-state index is 13.1. The molecule has 2 atom stereocenters. The number of amides is 1. The summed E-state index contributed by atoms with van der Waals surface area (Å²) < 4.78 is 28.6. The van der Waals surface area contributed by atoms with Gasteiger partial charge in [0.1, 0.15) is 5.75 Å². The zero-order valence-corrected chi connectivity index (χ0v) is 16.6. The largest absolute Gasteiger partial charge is 0.496 e. The molecule has 1 aromatic rings. The number of carbonyl (C=O) groups is 1. The number of ether oxygens (including phenoxy) is 1. The number of sulfonamides is 1. The van der Waals surface area contributed by atoms with Gasteiger partial charge in [0.15, 0.2) is 0 Å². The van der Waals surface area contributed by atoms with Crippen LogP contribution in [0.15, 0.2) is 23.1 Å². The van der Waals surface area contributed by atoms with Gasteiger partial charge >= 0.3 is 0 Å². The number of benzene rings is 1. The average Bonchev–Trinajstić information content (AvgIpc) is 3.19. The molecule has 1 aromatic carbocycles. The number of hydrogen-bond donors (Lipinski definition) is 3. The summed E-state index contributed by atoms with van der Waals surface area (Å²) in [6, 6.07) is 4.40. The molecule has 8 heteroatoms. The molecule has 2 fully saturated rings. The molecule has 2 aliphatic rings. The van der Waals surface area contributed by atoms with Gasteiger partial charge in [-0.2, -0.15) is 0 Å². The molecule has 0 radical (unpaired) electrons. The standard InChI is InChI=1S/C19H29N3O4S/c1-26-17-10-9-14(27(20,24)25)12-15(17)19(23)22-18(16-8-5-11-21-16)13-6-3-2-4-7-13/h9-10,12-13,16,18,21H,2-8,11H2,1H3,(H,22,23)(H2,20,24,25). The van der Waals surface area contributed by atoms with E-state index in [0.717, 1.165) is 32.2 Å². The zero-order valence-electron chi connectivity index (χ0n) is 15.7. The lowest BCUT2D eigenvalue weighted by atomic mass is 9.80. The SMILES string of the molecule is COc1ccc(S(N)(=O)=O)cc1C(=O)NC(C1CCCCC1)C1CCCN1. The second kappa shape index (κ2) is 8.58. The monoisotopic (exact) mass is 395 g/mol. The van der Waals surface area contributed by atoms with Crippen molar-refractivity contribution in [2.45, 2.75) is 61.9 Å². The van der Waals surface area contributed by atoms with E-state index in [2.05, 4.69) is 10.6 Å². The van der Waals surface area contributed by atoms with E-state index < -0.39 is 10.0 Å². The third-order valence-corrected chi connectivity index (χ3v) is 6.64. The van der Waals surface area contributed by atoms with Crippen LogP contribution in [0.25, 0.3) is 0 Å². The molecule has 7 nitrogen and oxygen atoms in total. The van der Waals surface area contributed by atoms with Crippen molar-refractivity contribution in [3.8, 4) is 5.75 Å². The molecule has 1 aliphatic heterocycles. The number of nitrogens with one attached hydrogen (secondary N) is 2. The van der Waals surface area contributed by atoms with Crippen molar-refractivity contribution in [1.29, 1.82) is 0 Å². The van der Waals surface area contributed by atoms with E-state index in [4.69, 9.17) is 9.88 Å². The van der Waals surface area contributed by atoms with Crippen LogP contribution in [0.3, 0.4) is 0 Å². The van der Waals surface area contributed by atoms with Crippen LogP contribution in [-0.2, 0) is 10.0 Å². The van der Waals surface area contributed by atoms with Gasteiger partial charge in [-0.1, -0.05) is 19.3 Å². The highest BCUT2D eigenvalue weighted by atomic mass is 32.2. The van der Waals surface area contributed by atoms with Gasteiger partial charge < -0.3 is 15.4 Å². The van der Waals surface area contributed by atoms with Crippen LogP contribution < -0.4 is 20.5 Å². The summed E-state index contributed by atoms with van der Waals surface area (Å²) in [5.41, 5.74) is 0.197. The van der Waals surface area contributed by atoms with E-state index in [0.29, 0.717) is 11.7 Å². The molecular formula is C19H29N3O4S. The van der Waals surface area contributed by atoms with E-state index in [1.54, 1.807) is 0 Å². The van der Waals surface area contributed by atoms with Gasteiger partial charge in [-0.25, -0.2) is 13.6 Å². The van der Waals surface area contributed by atoms with Crippen molar-refractivity contribution in [1.82, 2.24) is 10.6 Å². The highest BCUT2D eigenvalue weighted by Gasteiger charge is 2.34. The predicted molar refractivity (Wildman–Crippen MR) is 103 cm³/mol. The molecule has 2 unspecified atom stereocenters. The summed E-state index contributed by atoms with van der Waals surface area (Å²) in [7, 11) is -2.44. The minimum absolute atomic E-state index is 0.0307. The van der Waals surface area contributed by atoms with Gasteiger partial charge in [0.2, 0.25) is 10.0 Å². The van der Waals surface area contributed by atoms with Gasteiger partial charge in [-0.05, 0) is 56.3 Å². The Hall–Kier alpha value is -1.64. The molecule has 1 amide bonds. The molecule has 1 saturated heterocycles. The van der Waals surface area contributed by atoms with Crippen LogP contribution >= 0.6 is 0 Å². The van der Waals surface area contributed by atoms with Gasteiger partial charge in [-0.3, -0.25) is 4.79 Å². The Morgan fingerprint density at radius 1 is 1.22 bits per heavy atom. The lowest BCUT2D eigenvalue weighted by Gasteiger charge is -2.35. The quantitative estimate of drug-likeness (QED) is 0.680. The Balaban J connectivity index is 1.86. The van der Waals surface area contributed by atoms with E-state index in [1.807, 2.05) is 0 Å². The van der Waals surface area contributed by atoms with Crippen LogP contribution in [0.5, 0.6) is 5.75 Å². The van der Waals surface area contributed by atoms with Crippen molar-refractivity contribution in [3.63, 3.8) is 0 Å². The third-order valence-electron chi connectivity index (χ3n) is 5.73. The summed E-state index contributed by atoms with van der Waals surface area (Å²) in [5, 5.41) is 11.9. The Morgan fingerprint density at radius 3 is 2.56 bits per heavy atom. The molecular weight excluding hydrogens is 366 g/mol. The predicted octanol–water partition coefficient (Wildman–Crippen LogP) is 1.77. The molecule has 1 saturated carbocycles. The second-order valence-corrected chi connectivity index (χ2v) is 9.07. The van der Waals surface area contributed by atoms with Crippen LogP contribution in [0.2, 0.25) is 0 Å². The van der Waals surface area contributed by atoms with Gasteiger partial charge in [0.05, 0.1) is 17.6 Å². The first kappa shape index (κ1) is 20.1. The Labute approximate surface area is 161 Å². The fourth-order valence-corrected chi connectivity index (χ4v) is 4.87. The molecule has 0 aromatic heterocycles. The van der Waals surface area contributed by atoms with Gasteiger partial charge in [0, 0.05) is 12.1 Å². The maximum atomic E-state index is 13.1. The maximum Gasteiger partial charge on any atom is 0.255 e. The van der Waals surface area contributed by atoms with Crippen molar-refractivity contribution >= 4 is 15.9 Å². The summed E-state index contributed by atoms with van der Waals surface area (Å²) in [5.74, 6) is 0.453.